The smallest absolute Gasteiger partial charge is 0.269 e. The fourth-order valence-corrected chi connectivity index (χ4v) is 9.84. The summed E-state index contributed by atoms with van der Waals surface area (Å²) in [6.45, 7) is 6.90. The summed E-state index contributed by atoms with van der Waals surface area (Å²) >= 11 is 0. The predicted octanol–water partition coefficient (Wildman–Crippen LogP) is 8.69. The van der Waals surface area contributed by atoms with E-state index in [0.29, 0.717) is 65.6 Å². The van der Waals surface area contributed by atoms with E-state index in [-0.39, 0.29) is 68.1 Å². The molecule has 1 amide bonds. The van der Waals surface area contributed by atoms with E-state index in [2.05, 4.69) is 19.6 Å². The van der Waals surface area contributed by atoms with Gasteiger partial charge in [0.25, 0.3) is 5.69 Å². The number of aliphatic hydroxyl groups is 2. The molecule has 0 saturated heterocycles. The quantitative estimate of drug-likeness (QED) is 0.0306. The van der Waals surface area contributed by atoms with Gasteiger partial charge >= 0.3 is 0 Å². The van der Waals surface area contributed by atoms with Crippen molar-refractivity contribution in [2.24, 2.45) is 28.8 Å². The van der Waals surface area contributed by atoms with Crippen LogP contribution in [-0.2, 0) is 21.0 Å². The van der Waals surface area contributed by atoms with Crippen LogP contribution in [0.2, 0.25) is 0 Å². The highest BCUT2D eigenvalue weighted by atomic mass is 16.7. The number of oxime groups is 1. The fourth-order valence-electron chi connectivity index (χ4n) is 9.84. The summed E-state index contributed by atoms with van der Waals surface area (Å²) in [5.74, 6) is -0.102. The van der Waals surface area contributed by atoms with Crippen molar-refractivity contribution in [2.75, 3.05) is 33.5 Å². The summed E-state index contributed by atoms with van der Waals surface area (Å²) in [7, 11) is 1.51. The number of carbonyl (C=O) groups is 2. The molecule has 1 heterocycles. The molecule has 336 valence electrons. The largest absolute Gasteiger partial charge is 0.496 e. The topological polar surface area (TPSA) is 179 Å². The van der Waals surface area contributed by atoms with E-state index in [1.54, 1.807) is 36.4 Å². The van der Waals surface area contributed by atoms with Crippen molar-refractivity contribution in [1.29, 1.82) is 0 Å². The molecule has 14 nitrogen and oxygen atoms in total. The maximum Gasteiger partial charge on any atom is 0.269 e. The normalized spacial score (nSPS) is 24.0. The number of non-ortho nitro benzene ring substituents is 1. The summed E-state index contributed by atoms with van der Waals surface area (Å²) in [6, 6.07) is 16.4. The molecule has 0 unspecified atom stereocenters. The number of nitrogens with zero attached hydrogens (tertiary/aromatic N) is 3. The van der Waals surface area contributed by atoms with Crippen molar-refractivity contribution in [3.8, 4) is 23.0 Å². The van der Waals surface area contributed by atoms with Crippen LogP contribution < -0.4 is 14.2 Å². The average molecular weight is 866 g/mol. The zero-order valence-corrected chi connectivity index (χ0v) is 36.2. The molecule has 0 radical (unpaired) electrons. The maximum absolute atomic E-state index is 14.5. The van der Waals surface area contributed by atoms with Crippen LogP contribution in [0.1, 0.15) is 98.5 Å². The molecule has 2 N–H and O–H groups in total. The number of aliphatic hydroxyl groups excluding tert-OH is 2. The first-order valence-electron chi connectivity index (χ1n) is 22.2. The van der Waals surface area contributed by atoms with Crippen LogP contribution in [-0.4, -0.2) is 83.2 Å². The highest BCUT2D eigenvalue weighted by molar-refractivity contribution is 6.03. The summed E-state index contributed by atoms with van der Waals surface area (Å²) in [4.78, 5) is 45.4. The third-order valence-corrected chi connectivity index (χ3v) is 12.8. The zero-order valence-electron chi connectivity index (χ0n) is 36.2. The Hall–Kier alpha value is -5.57. The fraction of sp³-hybridized carbons (Fsp3) is 0.490. The lowest BCUT2D eigenvalue weighted by Gasteiger charge is -2.60. The van der Waals surface area contributed by atoms with Gasteiger partial charge in [0.2, 0.25) is 11.7 Å². The number of carbonyl (C=O) groups excluding carboxylic acids is 2. The standard InChI is InChI=1S/C49H59N3O11/c1-4-22-51(48(56)33-14-15-33)45-29-42(50-61-31-32-12-16-36(17-13-32)52(57)58)40-27-34(10-6-8-23-53)39(11-7-9-24-54)46-41-28-38(62-37-18-20-43(59-3)35(26-37)30-55)19-21-44(41)63-49(45,47(40)46)60-25-5-2/h5,12-13,16-21,26-28,30,33-34,39,45-47,53-54H,2,4,6-11,14-15,22-25,29,31H2,1,3H3/t34-,39+,45-,46+,47+,49+/m0/s1. The molecule has 0 spiro atoms. The summed E-state index contributed by atoms with van der Waals surface area (Å²) in [5.41, 5.74) is 3.50. The third kappa shape index (κ3) is 9.83. The van der Waals surface area contributed by atoms with E-state index in [1.807, 2.05) is 23.1 Å². The van der Waals surface area contributed by atoms with Crippen LogP contribution in [0.3, 0.4) is 0 Å². The van der Waals surface area contributed by atoms with Crippen LogP contribution >= 0.6 is 0 Å². The number of fused-ring (bicyclic) bond motifs is 2. The molecule has 3 aliphatic carbocycles. The molecular weight excluding hydrogens is 807 g/mol. The van der Waals surface area contributed by atoms with Crippen molar-refractivity contribution in [3.63, 3.8) is 0 Å². The lowest BCUT2D eigenvalue weighted by atomic mass is 9.55. The van der Waals surface area contributed by atoms with E-state index < -0.39 is 22.7 Å². The number of nitro benzene ring substituents is 1. The number of benzene rings is 3. The first kappa shape index (κ1) is 45.5. The van der Waals surface area contributed by atoms with Gasteiger partial charge in [0.1, 0.15) is 35.6 Å². The Morgan fingerprint density at radius 3 is 2.43 bits per heavy atom. The molecular formula is C49H59N3O11. The van der Waals surface area contributed by atoms with Crippen LogP contribution in [0.25, 0.3) is 0 Å². The number of ether oxygens (including phenoxy) is 4. The van der Waals surface area contributed by atoms with Gasteiger partial charge in [-0.15, -0.1) is 6.58 Å². The number of hydrogen-bond donors (Lipinski definition) is 2. The highest BCUT2D eigenvalue weighted by Crippen LogP contribution is 2.62. The summed E-state index contributed by atoms with van der Waals surface area (Å²) in [6.07, 6.45) is 11.7. The van der Waals surface area contributed by atoms with Gasteiger partial charge in [0, 0.05) is 55.7 Å². The molecule has 4 aliphatic rings. The summed E-state index contributed by atoms with van der Waals surface area (Å²) < 4.78 is 26.2. The Kier molecular flexibility index (Phi) is 15.0. The van der Waals surface area contributed by atoms with Gasteiger partial charge in [-0.2, -0.15) is 0 Å². The molecule has 2 fully saturated rings. The Balaban J connectivity index is 1.41. The van der Waals surface area contributed by atoms with Crippen molar-refractivity contribution < 1.29 is 48.5 Å². The van der Waals surface area contributed by atoms with Crippen molar-refractivity contribution >= 4 is 23.6 Å². The molecule has 14 heteroatoms. The minimum absolute atomic E-state index is 0.0102. The highest BCUT2D eigenvalue weighted by Gasteiger charge is 2.65. The van der Waals surface area contributed by atoms with E-state index in [4.69, 9.17) is 28.9 Å². The molecule has 0 bridgehead atoms. The molecule has 63 heavy (non-hydrogen) atoms. The van der Waals surface area contributed by atoms with Gasteiger partial charge in [0.05, 0.1) is 35.8 Å². The van der Waals surface area contributed by atoms with Gasteiger partial charge < -0.3 is 38.9 Å². The second-order valence-corrected chi connectivity index (χ2v) is 16.9. The van der Waals surface area contributed by atoms with Crippen LogP contribution in [0.15, 0.2) is 90.1 Å². The van der Waals surface area contributed by atoms with Crippen LogP contribution in [0, 0.1) is 33.8 Å². The Labute approximate surface area is 368 Å². The summed E-state index contributed by atoms with van der Waals surface area (Å²) in [5, 5.41) is 36.1. The minimum Gasteiger partial charge on any atom is -0.496 e. The minimum atomic E-state index is -1.38. The van der Waals surface area contributed by atoms with E-state index in [1.165, 1.54) is 19.2 Å². The molecule has 1 aliphatic heterocycles. The van der Waals surface area contributed by atoms with E-state index >= 15 is 0 Å². The second kappa shape index (κ2) is 20.7. The van der Waals surface area contributed by atoms with Crippen molar-refractivity contribution in [1.82, 2.24) is 4.90 Å². The maximum atomic E-state index is 14.5. The molecule has 2 saturated carbocycles. The SMILES string of the molecule is C=CCO[C@@]12Oc3ccc(Oc4ccc(OC)c(C=O)c4)cc3[C@H]3[C@H](CCCCO)[C@@H](CCCCO)C=C(C(=NOCc4ccc([N+](=O)[O-])cc4)C[C@@H]1N(CCC)C(=O)C1CC1)[C@H]32. The second-order valence-electron chi connectivity index (χ2n) is 16.9. The first-order chi connectivity index (χ1) is 30.7. The molecule has 6 atom stereocenters. The number of unbranched alkanes of at least 4 members (excludes halogenated alkanes) is 2. The molecule has 7 rings (SSSR count). The lowest BCUT2D eigenvalue weighted by molar-refractivity contribution is -0.384. The molecule has 0 aromatic heterocycles. The number of hydrogen-bond acceptors (Lipinski definition) is 12. The van der Waals surface area contributed by atoms with Gasteiger partial charge in [-0.05, 0) is 116 Å². The Bertz CT molecular complexity index is 2170. The Morgan fingerprint density at radius 1 is 1.03 bits per heavy atom. The third-order valence-electron chi connectivity index (χ3n) is 12.8. The number of nitro groups is 1. The number of rotatable bonds is 23. The number of methoxy groups -OCH3 is 1. The Morgan fingerprint density at radius 2 is 1.76 bits per heavy atom. The van der Waals surface area contributed by atoms with Gasteiger partial charge in [-0.1, -0.05) is 37.1 Å². The van der Waals surface area contributed by atoms with Gasteiger partial charge in [-0.3, -0.25) is 19.7 Å². The predicted molar refractivity (Wildman–Crippen MR) is 236 cm³/mol. The average Bonchev–Trinajstić information content (AvgIpc) is 4.15. The van der Waals surface area contributed by atoms with Crippen LogP contribution in [0.5, 0.6) is 23.0 Å². The zero-order chi connectivity index (χ0) is 44.5. The monoisotopic (exact) mass is 865 g/mol. The van der Waals surface area contributed by atoms with E-state index in [0.717, 1.165) is 55.9 Å². The van der Waals surface area contributed by atoms with Gasteiger partial charge in [-0.25, -0.2) is 0 Å². The van der Waals surface area contributed by atoms with Gasteiger partial charge in [0.15, 0.2) is 6.29 Å². The van der Waals surface area contributed by atoms with Crippen LogP contribution in [0.4, 0.5) is 5.69 Å². The van der Waals surface area contributed by atoms with Crippen molar-refractivity contribution in [3.05, 3.63) is 112 Å². The first-order valence-corrected chi connectivity index (χ1v) is 22.2. The number of aldehydes is 1. The molecule has 3 aromatic carbocycles. The molecule has 3 aromatic rings. The number of allylic oxidation sites excluding steroid dienone is 1. The van der Waals surface area contributed by atoms with Crippen molar-refractivity contribution in [2.45, 2.75) is 95.5 Å². The van der Waals surface area contributed by atoms with E-state index in [9.17, 15) is 29.9 Å². The number of amides is 1. The lowest BCUT2D eigenvalue weighted by Crippen LogP contribution is -2.70.